The number of allylic oxidation sites excluding steroid dienone is 1. The molecule has 2 amide bonds. The van der Waals surface area contributed by atoms with Crippen molar-refractivity contribution in [3.8, 4) is 0 Å². The van der Waals surface area contributed by atoms with Gasteiger partial charge in [-0.25, -0.2) is 4.99 Å². The summed E-state index contributed by atoms with van der Waals surface area (Å²) >= 11 is 0. The number of alkyl halides is 3. The molecule has 2 aliphatic heterocycles. The van der Waals surface area contributed by atoms with Crippen LogP contribution in [-0.4, -0.2) is 60.3 Å². The number of dihydropyridines is 1. The second kappa shape index (κ2) is 9.24. The molecule has 4 rings (SSSR count). The van der Waals surface area contributed by atoms with Gasteiger partial charge in [0.05, 0.1) is 30.7 Å². The fourth-order valence-corrected chi connectivity index (χ4v) is 3.70. The molecule has 1 atom stereocenters. The SMILES string of the molecule is Cc1ncc(NC(=O)c2cccc(C(F)(F)F)c2)cc1C1=CC(N2CCOCC2)C(=O)N=C1. The highest BCUT2D eigenvalue weighted by molar-refractivity contribution is 6.17. The second-order valence-electron chi connectivity index (χ2n) is 7.70. The molecule has 1 unspecified atom stereocenters. The number of halogens is 3. The van der Waals surface area contributed by atoms with Crippen molar-refractivity contribution < 1.29 is 27.5 Å². The Morgan fingerprint density at radius 3 is 2.70 bits per heavy atom. The van der Waals surface area contributed by atoms with E-state index in [4.69, 9.17) is 4.74 Å². The summed E-state index contributed by atoms with van der Waals surface area (Å²) in [4.78, 5) is 35.2. The van der Waals surface area contributed by atoms with Crippen molar-refractivity contribution in [2.75, 3.05) is 31.6 Å². The summed E-state index contributed by atoms with van der Waals surface area (Å²) < 4.78 is 44.2. The van der Waals surface area contributed by atoms with Crippen molar-refractivity contribution in [3.63, 3.8) is 0 Å². The minimum Gasteiger partial charge on any atom is -0.379 e. The van der Waals surface area contributed by atoms with Crippen molar-refractivity contribution in [2.45, 2.75) is 19.1 Å². The standard InChI is InChI=1S/C23H21F3N4O3/c1-14-19(16-10-20(22(32)28-12-16)30-5-7-33-8-6-30)11-18(13-27-14)29-21(31)15-3-2-4-17(9-15)23(24,25)26/h2-4,9-13,20H,5-8H2,1H3,(H,29,31). The van der Waals surface area contributed by atoms with Gasteiger partial charge in [0.1, 0.15) is 6.04 Å². The van der Waals surface area contributed by atoms with E-state index in [0.29, 0.717) is 48.8 Å². The van der Waals surface area contributed by atoms with Gasteiger partial charge in [-0.2, -0.15) is 13.2 Å². The first kappa shape index (κ1) is 22.8. The van der Waals surface area contributed by atoms with Gasteiger partial charge in [0.2, 0.25) is 0 Å². The van der Waals surface area contributed by atoms with E-state index in [-0.39, 0.29) is 11.5 Å². The van der Waals surface area contributed by atoms with Crippen molar-refractivity contribution in [2.24, 2.45) is 4.99 Å². The third-order valence-electron chi connectivity index (χ3n) is 5.47. The summed E-state index contributed by atoms with van der Waals surface area (Å²) in [6.07, 6.45) is 0.149. The summed E-state index contributed by atoms with van der Waals surface area (Å²) in [5.74, 6) is -0.953. The van der Waals surface area contributed by atoms with Gasteiger partial charge >= 0.3 is 6.18 Å². The molecule has 2 aromatic rings. The lowest BCUT2D eigenvalue weighted by atomic mass is 9.99. The Morgan fingerprint density at radius 1 is 1.21 bits per heavy atom. The van der Waals surface area contributed by atoms with Crippen LogP contribution in [0.3, 0.4) is 0 Å². The first-order valence-electron chi connectivity index (χ1n) is 10.3. The minimum atomic E-state index is -4.55. The zero-order valence-corrected chi connectivity index (χ0v) is 17.7. The molecule has 0 spiro atoms. The number of ether oxygens (including phenoxy) is 1. The third kappa shape index (κ3) is 5.18. The molecule has 1 saturated heterocycles. The van der Waals surface area contributed by atoms with Crippen LogP contribution < -0.4 is 5.32 Å². The summed E-state index contributed by atoms with van der Waals surface area (Å²) in [5.41, 5.74) is 1.27. The fourth-order valence-electron chi connectivity index (χ4n) is 3.70. The molecule has 0 saturated carbocycles. The van der Waals surface area contributed by atoms with Crippen LogP contribution in [0, 0.1) is 6.92 Å². The molecule has 0 bridgehead atoms. The lowest BCUT2D eigenvalue weighted by Gasteiger charge is -2.32. The number of carbonyl (C=O) groups excluding carboxylic acids is 2. The number of hydrogen-bond acceptors (Lipinski definition) is 5. The van der Waals surface area contributed by atoms with Gasteiger partial charge in [0, 0.05) is 41.7 Å². The van der Waals surface area contributed by atoms with E-state index >= 15 is 0 Å². The zero-order chi connectivity index (χ0) is 23.6. The maximum atomic E-state index is 13.0. The quantitative estimate of drug-likeness (QED) is 0.760. The first-order chi connectivity index (χ1) is 15.7. The van der Waals surface area contributed by atoms with E-state index in [1.54, 1.807) is 13.0 Å². The van der Waals surface area contributed by atoms with Crippen molar-refractivity contribution >= 4 is 29.3 Å². The number of nitrogens with one attached hydrogen (secondary N) is 1. The van der Waals surface area contributed by atoms with Crippen LogP contribution >= 0.6 is 0 Å². The average molecular weight is 458 g/mol. The zero-order valence-electron chi connectivity index (χ0n) is 17.7. The molecule has 1 aromatic heterocycles. The number of benzene rings is 1. The molecule has 0 radical (unpaired) electrons. The van der Waals surface area contributed by atoms with Crippen LogP contribution in [0.25, 0.3) is 5.57 Å². The largest absolute Gasteiger partial charge is 0.416 e. The van der Waals surface area contributed by atoms with E-state index in [1.165, 1.54) is 24.5 Å². The number of carbonyl (C=O) groups is 2. The number of rotatable bonds is 4. The van der Waals surface area contributed by atoms with Crippen LogP contribution in [0.15, 0.2) is 47.6 Å². The smallest absolute Gasteiger partial charge is 0.379 e. The maximum Gasteiger partial charge on any atom is 0.416 e. The van der Waals surface area contributed by atoms with Crippen molar-refractivity contribution in [3.05, 3.63) is 65.0 Å². The first-order valence-corrected chi connectivity index (χ1v) is 10.3. The van der Waals surface area contributed by atoms with E-state index < -0.39 is 23.7 Å². The number of aliphatic imine (C=N–C) groups is 1. The number of hydrogen-bond donors (Lipinski definition) is 1. The normalized spacial score (nSPS) is 19.3. The van der Waals surface area contributed by atoms with E-state index in [1.807, 2.05) is 11.0 Å². The number of aromatic nitrogens is 1. The number of aryl methyl sites for hydroxylation is 1. The Balaban J connectivity index is 1.57. The lowest BCUT2D eigenvalue weighted by Crippen LogP contribution is -2.46. The van der Waals surface area contributed by atoms with Crippen LogP contribution in [0.5, 0.6) is 0 Å². The van der Waals surface area contributed by atoms with Gasteiger partial charge < -0.3 is 10.1 Å². The van der Waals surface area contributed by atoms with Gasteiger partial charge in [-0.1, -0.05) is 6.07 Å². The minimum absolute atomic E-state index is 0.122. The van der Waals surface area contributed by atoms with Gasteiger partial charge in [0.25, 0.3) is 11.8 Å². The van der Waals surface area contributed by atoms with Crippen LogP contribution in [0.4, 0.5) is 18.9 Å². The van der Waals surface area contributed by atoms with E-state index in [9.17, 15) is 22.8 Å². The number of morpholine rings is 1. The number of amides is 2. The van der Waals surface area contributed by atoms with Crippen LogP contribution in [0.2, 0.25) is 0 Å². The highest BCUT2D eigenvalue weighted by atomic mass is 19.4. The molecule has 3 heterocycles. The molecule has 0 aliphatic carbocycles. The average Bonchev–Trinajstić information content (AvgIpc) is 2.81. The Morgan fingerprint density at radius 2 is 1.97 bits per heavy atom. The monoisotopic (exact) mass is 458 g/mol. The van der Waals surface area contributed by atoms with Gasteiger partial charge in [-0.3, -0.25) is 19.5 Å². The predicted octanol–water partition coefficient (Wildman–Crippen LogP) is 3.36. The summed E-state index contributed by atoms with van der Waals surface area (Å²) in [6.45, 7) is 4.07. The lowest BCUT2D eigenvalue weighted by molar-refractivity contribution is -0.137. The molecule has 172 valence electrons. The number of anilines is 1. The third-order valence-corrected chi connectivity index (χ3v) is 5.47. The van der Waals surface area contributed by atoms with Crippen LogP contribution in [0.1, 0.15) is 27.2 Å². The molecule has 10 heteroatoms. The van der Waals surface area contributed by atoms with Gasteiger partial charge in [-0.15, -0.1) is 0 Å². The van der Waals surface area contributed by atoms with Crippen molar-refractivity contribution in [1.82, 2.24) is 9.88 Å². The molecule has 1 N–H and O–H groups in total. The highest BCUT2D eigenvalue weighted by Crippen LogP contribution is 2.30. The number of pyridine rings is 1. The Bertz CT molecular complexity index is 1140. The summed E-state index contributed by atoms with van der Waals surface area (Å²) in [7, 11) is 0. The Labute approximate surface area is 188 Å². The van der Waals surface area contributed by atoms with Gasteiger partial charge in [-0.05, 0) is 37.3 Å². The molecule has 1 aromatic carbocycles. The highest BCUT2D eigenvalue weighted by Gasteiger charge is 2.31. The fraction of sp³-hybridized carbons (Fsp3) is 0.304. The topological polar surface area (TPSA) is 83.9 Å². The molecule has 7 nitrogen and oxygen atoms in total. The number of nitrogens with zero attached hydrogens (tertiary/aromatic N) is 3. The molecule has 2 aliphatic rings. The van der Waals surface area contributed by atoms with Crippen LogP contribution in [-0.2, 0) is 15.7 Å². The maximum absolute atomic E-state index is 13.0. The van der Waals surface area contributed by atoms with E-state index in [2.05, 4.69) is 15.3 Å². The van der Waals surface area contributed by atoms with E-state index in [0.717, 1.165) is 12.1 Å². The Hall–Kier alpha value is -3.37. The molecular formula is C23H21F3N4O3. The summed E-state index contributed by atoms with van der Waals surface area (Å²) in [5, 5.41) is 2.59. The second-order valence-corrected chi connectivity index (χ2v) is 7.70. The molecule has 1 fully saturated rings. The van der Waals surface area contributed by atoms with Crippen molar-refractivity contribution in [1.29, 1.82) is 0 Å². The predicted molar refractivity (Wildman–Crippen MR) is 116 cm³/mol. The van der Waals surface area contributed by atoms with Gasteiger partial charge in [0.15, 0.2) is 0 Å². The summed E-state index contributed by atoms with van der Waals surface area (Å²) in [6, 6.07) is 5.34. The Kier molecular flexibility index (Phi) is 6.39. The molecule has 33 heavy (non-hydrogen) atoms. The molecular weight excluding hydrogens is 437 g/mol.